The summed E-state index contributed by atoms with van der Waals surface area (Å²) in [5.41, 5.74) is 1.04. The highest BCUT2D eigenvalue weighted by Gasteiger charge is 2.32. The van der Waals surface area contributed by atoms with Gasteiger partial charge in [0.25, 0.3) is 0 Å². The van der Waals surface area contributed by atoms with Crippen molar-refractivity contribution in [1.29, 1.82) is 0 Å². The van der Waals surface area contributed by atoms with Gasteiger partial charge in [-0.3, -0.25) is 9.48 Å². The summed E-state index contributed by atoms with van der Waals surface area (Å²) in [5.74, 6) is 0.608. The monoisotopic (exact) mass is 224 g/mol. The molecule has 0 aliphatic heterocycles. The summed E-state index contributed by atoms with van der Waals surface area (Å²) in [6.45, 7) is 4.03. The molecule has 1 aromatic rings. The number of aromatic nitrogens is 2. The SMILES string of the molecule is Cc1cc(SC2CCC(=O)C2C)n(C)n1. The molecule has 82 valence electrons. The molecule has 3 nitrogen and oxygen atoms in total. The standard InChI is InChI=1S/C11H16N2OS/c1-7-6-11(13(3)12-7)15-10-5-4-9(14)8(10)2/h6,8,10H,4-5H2,1-3H3. The van der Waals surface area contributed by atoms with Crippen molar-refractivity contribution in [3.63, 3.8) is 0 Å². The number of hydrogen-bond acceptors (Lipinski definition) is 3. The molecule has 15 heavy (non-hydrogen) atoms. The molecule has 0 amide bonds. The topological polar surface area (TPSA) is 34.9 Å². The van der Waals surface area contributed by atoms with Crippen LogP contribution < -0.4 is 0 Å². The van der Waals surface area contributed by atoms with E-state index in [1.807, 2.05) is 25.6 Å². The van der Waals surface area contributed by atoms with E-state index >= 15 is 0 Å². The van der Waals surface area contributed by atoms with Gasteiger partial charge in [0, 0.05) is 24.6 Å². The van der Waals surface area contributed by atoms with E-state index in [-0.39, 0.29) is 5.92 Å². The Kier molecular flexibility index (Phi) is 2.87. The molecule has 0 aromatic carbocycles. The van der Waals surface area contributed by atoms with Crippen LogP contribution in [0, 0.1) is 12.8 Å². The quantitative estimate of drug-likeness (QED) is 0.772. The van der Waals surface area contributed by atoms with Crippen molar-refractivity contribution >= 4 is 17.5 Å². The van der Waals surface area contributed by atoms with E-state index in [4.69, 9.17) is 0 Å². The van der Waals surface area contributed by atoms with Gasteiger partial charge < -0.3 is 0 Å². The van der Waals surface area contributed by atoms with Crippen LogP contribution in [0.4, 0.5) is 0 Å². The zero-order valence-electron chi connectivity index (χ0n) is 9.36. The average Bonchev–Trinajstić information content (AvgIpc) is 2.64. The third-order valence-corrected chi connectivity index (χ3v) is 4.54. The molecule has 0 bridgehead atoms. The Labute approximate surface area is 94.2 Å². The Hall–Kier alpha value is -0.770. The van der Waals surface area contributed by atoms with Gasteiger partial charge in [-0.15, -0.1) is 11.8 Å². The minimum absolute atomic E-state index is 0.199. The van der Waals surface area contributed by atoms with Crippen LogP contribution >= 0.6 is 11.8 Å². The second-order valence-corrected chi connectivity index (χ2v) is 5.46. The second kappa shape index (κ2) is 4.00. The van der Waals surface area contributed by atoms with Gasteiger partial charge in [-0.05, 0) is 19.4 Å². The van der Waals surface area contributed by atoms with Gasteiger partial charge in [-0.1, -0.05) is 6.92 Å². The zero-order chi connectivity index (χ0) is 11.0. The van der Waals surface area contributed by atoms with E-state index in [0.717, 1.165) is 18.5 Å². The van der Waals surface area contributed by atoms with Crippen LogP contribution in [0.3, 0.4) is 0 Å². The number of ketones is 1. The Balaban J connectivity index is 2.09. The van der Waals surface area contributed by atoms with Crippen molar-refractivity contribution in [2.45, 2.75) is 37.0 Å². The van der Waals surface area contributed by atoms with E-state index in [1.54, 1.807) is 11.8 Å². The first-order valence-electron chi connectivity index (χ1n) is 5.28. The molecule has 1 aliphatic rings. The van der Waals surface area contributed by atoms with Crippen molar-refractivity contribution in [2.75, 3.05) is 0 Å². The van der Waals surface area contributed by atoms with Crippen molar-refractivity contribution < 1.29 is 4.79 Å². The molecular formula is C11H16N2OS. The third kappa shape index (κ3) is 2.09. The summed E-state index contributed by atoms with van der Waals surface area (Å²) in [6.07, 6.45) is 1.75. The number of carbonyl (C=O) groups excluding carboxylic acids is 1. The highest BCUT2D eigenvalue weighted by Crippen LogP contribution is 2.36. The van der Waals surface area contributed by atoms with Crippen LogP contribution in [0.15, 0.2) is 11.1 Å². The number of rotatable bonds is 2. The van der Waals surface area contributed by atoms with Crippen molar-refractivity contribution in [3.8, 4) is 0 Å². The molecule has 2 atom stereocenters. The second-order valence-electron chi connectivity index (χ2n) is 4.20. The number of aryl methyl sites for hydroxylation is 2. The Morgan fingerprint density at radius 2 is 2.33 bits per heavy atom. The Morgan fingerprint density at radius 1 is 1.60 bits per heavy atom. The summed E-state index contributed by atoms with van der Waals surface area (Å²) < 4.78 is 1.90. The Morgan fingerprint density at radius 3 is 2.80 bits per heavy atom. The van der Waals surface area contributed by atoms with Crippen LogP contribution in [-0.4, -0.2) is 20.8 Å². The predicted molar refractivity (Wildman–Crippen MR) is 61.0 cm³/mol. The molecule has 0 radical (unpaired) electrons. The van der Waals surface area contributed by atoms with Gasteiger partial charge in [-0.25, -0.2) is 0 Å². The third-order valence-electron chi connectivity index (χ3n) is 2.97. The number of carbonyl (C=O) groups is 1. The smallest absolute Gasteiger partial charge is 0.136 e. The molecule has 2 unspecified atom stereocenters. The van der Waals surface area contributed by atoms with Gasteiger partial charge in [0.1, 0.15) is 5.78 Å². The van der Waals surface area contributed by atoms with Crippen LogP contribution in [0.5, 0.6) is 0 Å². The highest BCUT2D eigenvalue weighted by atomic mass is 32.2. The summed E-state index contributed by atoms with van der Waals surface area (Å²) >= 11 is 1.79. The number of hydrogen-bond donors (Lipinski definition) is 0. The van der Waals surface area contributed by atoms with Crippen LogP contribution in [0.1, 0.15) is 25.5 Å². The Bertz CT molecular complexity index is 386. The van der Waals surface area contributed by atoms with Gasteiger partial charge >= 0.3 is 0 Å². The first-order chi connectivity index (χ1) is 7.08. The van der Waals surface area contributed by atoms with Crippen LogP contribution in [0.2, 0.25) is 0 Å². The van der Waals surface area contributed by atoms with E-state index < -0.39 is 0 Å². The number of Topliss-reactive ketones (excluding diaryl/α,β-unsaturated/α-hetero) is 1. The van der Waals surface area contributed by atoms with Gasteiger partial charge in [0.15, 0.2) is 0 Å². The molecular weight excluding hydrogens is 208 g/mol. The molecule has 1 heterocycles. The maximum atomic E-state index is 11.4. The molecule has 4 heteroatoms. The van der Waals surface area contributed by atoms with Crippen molar-refractivity contribution in [1.82, 2.24) is 9.78 Å². The van der Waals surface area contributed by atoms with Gasteiger partial charge in [-0.2, -0.15) is 5.10 Å². The normalized spacial score (nSPS) is 26.2. The first kappa shape index (κ1) is 10.7. The van der Waals surface area contributed by atoms with E-state index in [0.29, 0.717) is 11.0 Å². The number of thioether (sulfide) groups is 1. The van der Waals surface area contributed by atoms with E-state index in [9.17, 15) is 4.79 Å². The molecule has 1 fully saturated rings. The van der Waals surface area contributed by atoms with Gasteiger partial charge in [0.2, 0.25) is 0 Å². The molecule has 0 N–H and O–H groups in total. The average molecular weight is 224 g/mol. The van der Waals surface area contributed by atoms with Crippen molar-refractivity contribution in [3.05, 3.63) is 11.8 Å². The summed E-state index contributed by atoms with van der Waals surface area (Å²) in [5, 5.41) is 5.91. The molecule has 1 saturated carbocycles. The fourth-order valence-corrected chi connectivity index (χ4v) is 3.32. The minimum Gasteiger partial charge on any atom is -0.299 e. The fraction of sp³-hybridized carbons (Fsp3) is 0.636. The zero-order valence-corrected chi connectivity index (χ0v) is 10.2. The maximum absolute atomic E-state index is 11.4. The lowest BCUT2D eigenvalue weighted by Crippen LogP contribution is -2.12. The number of nitrogens with zero attached hydrogens (tertiary/aromatic N) is 2. The first-order valence-corrected chi connectivity index (χ1v) is 6.16. The summed E-state index contributed by atoms with van der Waals surface area (Å²) in [4.78, 5) is 11.4. The lowest BCUT2D eigenvalue weighted by Gasteiger charge is -2.12. The van der Waals surface area contributed by atoms with E-state index in [2.05, 4.69) is 11.2 Å². The maximum Gasteiger partial charge on any atom is 0.136 e. The molecule has 1 aliphatic carbocycles. The lowest BCUT2D eigenvalue weighted by atomic mass is 10.1. The lowest BCUT2D eigenvalue weighted by molar-refractivity contribution is -0.120. The molecule has 1 aromatic heterocycles. The van der Waals surface area contributed by atoms with Crippen molar-refractivity contribution in [2.24, 2.45) is 13.0 Å². The minimum atomic E-state index is 0.199. The largest absolute Gasteiger partial charge is 0.299 e. The molecule has 0 saturated heterocycles. The van der Waals surface area contributed by atoms with E-state index in [1.165, 1.54) is 5.03 Å². The van der Waals surface area contributed by atoms with Crippen LogP contribution in [-0.2, 0) is 11.8 Å². The van der Waals surface area contributed by atoms with Gasteiger partial charge in [0.05, 0.1) is 10.7 Å². The summed E-state index contributed by atoms with van der Waals surface area (Å²) in [6, 6.07) is 2.08. The highest BCUT2D eigenvalue weighted by molar-refractivity contribution is 7.99. The molecule has 0 spiro atoms. The summed E-state index contributed by atoms with van der Waals surface area (Å²) in [7, 11) is 1.96. The van der Waals surface area contributed by atoms with Crippen LogP contribution in [0.25, 0.3) is 0 Å². The predicted octanol–water partition coefficient (Wildman–Crippen LogP) is 2.19. The molecule has 2 rings (SSSR count). The fourth-order valence-electron chi connectivity index (χ4n) is 1.98.